The molecule has 2 aromatic heterocycles. The topological polar surface area (TPSA) is 81.0 Å². The third-order valence-electron chi connectivity index (χ3n) is 3.80. The van der Waals surface area contributed by atoms with E-state index in [1.165, 1.54) is 22.6 Å². The normalized spacial score (nSPS) is 12.3. The molecule has 0 atom stereocenters. The third-order valence-corrected chi connectivity index (χ3v) is 4.78. The second kappa shape index (κ2) is 5.44. The zero-order valence-electron chi connectivity index (χ0n) is 12.0. The number of hydrogen-bond acceptors (Lipinski definition) is 6. The number of hydrogen-bond donors (Lipinski definition) is 1. The molecule has 6 nitrogen and oxygen atoms in total. The van der Waals surface area contributed by atoms with Crippen molar-refractivity contribution in [2.24, 2.45) is 0 Å². The molecule has 0 bridgehead atoms. The van der Waals surface area contributed by atoms with Gasteiger partial charge in [0.15, 0.2) is 0 Å². The van der Waals surface area contributed by atoms with Gasteiger partial charge in [0.25, 0.3) is 5.69 Å². The van der Waals surface area contributed by atoms with Crippen LogP contribution in [-0.2, 0) is 12.8 Å². The lowest BCUT2D eigenvalue weighted by Crippen LogP contribution is -2.07. The summed E-state index contributed by atoms with van der Waals surface area (Å²) >= 11 is 1.75. The number of thiophene rings is 1. The van der Waals surface area contributed by atoms with Crippen LogP contribution < -0.4 is 5.32 Å². The standard InChI is InChI=1S/C16H12N4O2S/c21-20(22)12-3-1-2-11(8-12)18-16-17-9-10-4-5-14-13(6-7-23-14)15(10)19-16/h1-3,6-9H,4-5H2,(H,17,18,19). The minimum Gasteiger partial charge on any atom is -0.324 e. The summed E-state index contributed by atoms with van der Waals surface area (Å²) in [5.41, 5.74) is 3.89. The smallest absolute Gasteiger partial charge is 0.271 e. The van der Waals surface area contributed by atoms with Crippen LogP contribution in [0, 0.1) is 10.1 Å². The van der Waals surface area contributed by atoms with E-state index in [0.717, 1.165) is 24.1 Å². The first-order valence-corrected chi connectivity index (χ1v) is 8.03. The lowest BCUT2D eigenvalue weighted by atomic mass is 9.96. The largest absolute Gasteiger partial charge is 0.324 e. The molecular formula is C16H12N4O2S. The van der Waals surface area contributed by atoms with Gasteiger partial charge in [0.05, 0.1) is 10.6 Å². The molecule has 0 radical (unpaired) electrons. The van der Waals surface area contributed by atoms with Crippen LogP contribution in [0.25, 0.3) is 11.3 Å². The number of non-ortho nitro benzene ring substituents is 1. The highest BCUT2D eigenvalue weighted by atomic mass is 32.1. The summed E-state index contributed by atoms with van der Waals surface area (Å²) in [7, 11) is 0. The number of nitro benzene ring substituents is 1. The van der Waals surface area contributed by atoms with Crippen molar-refractivity contribution in [1.29, 1.82) is 0 Å². The van der Waals surface area contributed by atoms with Crippen molar-refractivity contribution in [2.75, 3.05) is 5.32 Å². The monoisotopic (exact) mass is 324 g/mol. The maximum Gasteiger partial charge on any atom is 0.271 e. The Labute approximate surface area is 136 Å². The van der Waals surface area contributed by atoms with Gasteiger partial charge < -0.3 is 5.32 Å². The number of rotatable bonds is 3. The lowest BCUT2D eigenvalue weighted by Gasteiger charge is -2.16. The van der Waals surface area contributed by atoms with E-state index in [-0.39, 0.29) is 5.69 Å². The molecule has 7 heteroatoms. The van der Waals surface area contributed by atoms with Crippen LogP contribution in [0.3, 0.4) is 0 Å². The van der Waals surface area contributed by atoms with Gasteiger partial charge in [0.1, 0.15) is 0 Å². The molecule has 1 aromatic carbocycles. The Kier molecular flexibility index (Phi) is 3.27. The molecule has 0 saturated heterocycles. The summed E-state index contributed by atoms with van der Waals surface area (Å²) in [5, 5.41) is 16.0. The van der Waals surface area contributed by atoms with E-state index in [4.69, 9.17) is 0 Å². The maximum absolute atomic E-state index is 10.9. The van der Waals surface area contributed by atoms with Crippen molar-refractivity contribution < 1.29 is 4.92 Å². The number of aryl methyl sites for hydroxylation is 2. The second-order valence-electron chi connectivity index (χ2n) is 5.26. The molecule has 4 rings (SSSR count). The van der Waals surface area contributed by atoms with Crippen LogP contribution in [0.15, 0.2) is 41.9 Å². The highest BCUT2D eigenvalue weighted by Crippen LogP contribution is 2.35. The number of benzene rings is 1. The van der Waals surface area contributed by atoms with Gasteiger partial charge in [-0.25, -0.2) is 9.97 Å². The predicted molar refractivity (Wildman–Crippen MR) is 89.1 cm³/mol. The molecule has 0 unspecified atom stereocenters. The molecule has 1 N–H and O–H groups in total. The summed E-state index contributed by atoms with van der Waals surface area (Å²) < 4.78 is 0. The van der Waals surface area contributed by atoms with Gasteiger partial charge in [-0.15, -0.1) is 11.3 Å². The molecule has 0 spiro atoms. The fraction of sp³-hybridized carbons (Fsp3) is 0.125. The molecule has 114 valence electrons. The molecular weight excluding hydrogens is 312 g/mol. The second-order valence-corrected chi connectivity index (χ2v) is 6.26. The predicted octanol–water partition coefficient (Wildman–Crippen LogP) is 3.96. The van der Waals surface area contributed by atoms with Gasteiger partial charge in [-0.3, -0.25) is 10.1 Å². The third kappa shape index (κ3) is 2.55. The fourth-order valence-corrected chi connectivity index (χ4v) is 3.58. The van der Waals surface area contributed by atoms with Crippen LogP contribution >= 0.6 is 11.3 Å². The summed E-state index contributed by atoms with van der Waals surface area (Å²) in [5.74, 6) is 0.447. The minimum absolute atomic E-state index is 0.0353. The quantitative estimate of drug-likeness (QED) is 0.582. The summed E-state index contributed by atoms with van der Waals surface area (Å²) in [4.78, 5) is 20.7. The van der Waals surface area contributed by atoms with Gasteiger partial charge in [-0.05, 0) is 35.9 Å². The van der Waals surface area contributed by atoms with E-state index in [1.54, 1.807) is 23.5 Å². The van der Waals surface area contributed by atoms with Crippen molar-refractivity contribution in [3.8, 4) is 11.3 Å². The summed E-state index contributed by atoms with van der Waals surface area (Å²) in [6.45, 7) is 0. The summed E-state index contributed by atoms with van der Waals surface area (Å²) in [6, 6.07) is 8.40. The highest BCUT2D eigenvalue weighted by Gasteiger charge is 2.19. The Bertz CT molecular complexity index is 907. The van der Waals surface area contributed by atoms with Crippen molar-refractivity contribution in [2.45, 2.75) is 12.8 Å². The molecule has 1 aliphatic carbocycles. The van der Waals surface area contributed by atoms with E-state index in [2.05, 4.69) is 26.7 Å². The maximum atomic E-state index is 10.9. The van der Waals surface area contributed by atoms with Crippen LogP contribution in [0.5, 0.6) is 0 Å². The van der Waals surface area contributed by atoms with Crippen LogP contribution in [0.4, 0.5) is 17.3 Å². The Morgan fingerprint density at radius 2 is 2.17 bits per heavy atom. The van der Waals surface area contributed by atoms with Gasteiger partial charge in [-0.1, -0.05) is 6.07 Å². The lowest BCUT2D eigenvalue weighted by molar-refractivity contribution is -0.384. The first kappa shape index (κ1) is 13.8. The molecule has 1 aliphatic rings. The summed E-state index contributed by atoms with van der Waals surface area (Å²) in [6.07, 6.45) is 3.81. The first-order valence-electron chi connectivity index (χ1n) is 7.15. The van der Waals surface area contributed by atoms with Crippen LogP contribution in [0.1, 0.15) is 10.4 Å². The molecule has 3 aromatic rings. The molecule has 0 amide bonds. The molecule has 0 saturated carbocycles. The van der Waals surface area contributed by atoms with Gasteiger partial charge >= 0.3 is 0 Å². The number of anilines is 2. The molecule has 2 heterocycles. The van der Waals surface area contributed by atoms with Crippen LogP contribution in [0.2, 0.25) is 0 Å². The van der Waals surface area contributed by atoms with Crippen molar-refractivity contribution in [3.05, 3.63) is 62.5 Å². The number of nitrogens with one attached hydrogen (secondary N) is 1. The Balaban J connectivity index is 1.68. The van der Waals surface area contributed by atoms with E-state index < -0.39 is 4.92 Å². The molecule has 0 fully saturated rings. The number of nitrogens with zero attached hydrogens (tertiary/aromatic N) is 3. The van der Waals surface area contributed by atoms with Crippen molar-refractivity contribution in [1.82, 2.24) is 9.97 Å². The SMILES string of the molecule is O=[N+]([O-])c1cccc(Nc2ncc3c(n2)-c2ccsc2CC3)c1. The highest BCUT2D eigenvalue weighted by molar-refractivity contribution is 7.10. The van der Waals surface area contributed by atoms with E-state index >= 15 is 0 Å². The molecule has 0 aliphatic heterocycles. The first-order chi connectivity index (χ1) is 11.2. The Morgan fingerprint density at radius 1 is 1.26 bits per heavy atom. The average molecular weight is 324 g/mol. The van der Waals surface area contributed by atoms with Crippen molar-refractivity contribution >= 4 is 28.7 Å². The van der Waals surface area contributed by atoms with Gasteiger partial charge in [-0.2, -0.15) is 0 Å². The number of aromatic nitrogens is 2. The van der Waals surface area contributed by atoms with Crippen molar-refractivity contribution in [3.63, 3.8) is 0 Å². The zero-order chi connectivity index (χ0) is 15.8. The number of fused-ring (bicyclic) bond motifs is 3. The molecule has 23 heavy (non-hydrogen) atoms. The Morgan fingerprint density at radius 3 is 3.04 bits per heavy atom. The van der Waals surface area contributed by atoms with Gasteiger partial charge in [0.2, 0.25) is 5.95 Å². The van der Waals surface area contributed by atoms with E-state index in [1.807, 2.05) is 6.20 Å². The average Bonchev–Trinajstić information content (AvgIpc) is 3.04. The van der Waals surface area contributed by atoms with E-state index in [0.29, 0.717) is 11.6 Å². The van der Waals surface area contributed by atoms with Gasteiger partial charge in [0, 0.05) is 34.5 Å². The van der Waals surface area contributed by atoms with Crippen LogP contribution in [-0.4, -0.2) is 14.9 Å². The minimum atomic E-state index is -0.420. The number of nitro groups is 1. The fourth-order valence-electron chi connectivity index (χ4n) is 2.70. The van der Waals surface area contributed by atoms with E-state index in [9.17, 15) is 10.1 Å². The zero-order valence-corrected chi connectivity index (χ0v) is 12.8. The Hall–Kier alpha value is -2.80.